The minimum atomic E-state index is -0.631. The van der Waals surface area contributed by atoms with Crippen LogP contribution in [0.3, 0.4) is 0 Å². The van der Waals surface area contributed by atoms with Gasteiger partial charge in [0.05, 0.1) is 11.9 Å². The number of nitrogens with zero attached hydrogens (tertiary/aromatic N) is 4. The molecule has 1 saturated heterocycles. The van der Waals surface area contributed by atoms with E-state index in [1.165, 1.54) is 18.4 Å². The topological polar surface area (TPSA) is 106 Å². The largest absolute Gasteiger partial charge is 0.364 e. The zero-order valence-corrected chi connectivity index (χ0v) is 21.2. The van der Waals surface area contributed by atoms with Crippen LogP contribution in [0, 0.1) is 12.8 Å². The van der Waals surface area contributed by atoms with Gasteiger partial charge in [0.25, 0.3) is 5.91 Å². The average Bonchev–Trinajstić information content (AvgIpc) is 3.65. The van der Waals surface area contributed by atoms with Crippen molar-refractivity contribution in [2.45, 2.75) is 57.9 Å². The van der Waals surface area contributed by atoms with Crippen LogP contribution in [-0.2, 0) is 7.05 Å². The van der Waals surface area contributed by atoms with Gasteiger partial charge < -0.3 is 20.5 Å². The normalized spacial score (nSPS) is 19.8. The number of hydrogen-bond acceptors (Lipinski definition) is 6. The lowest BCUT2D eigenvalue weighted by Gasteiger charge is -2.40. The summed E-state index contributed by atoms with van der Waals surface area (Å²) in [6.45, 7) is 4.94. The Kier molecular flexibility index (Phi) is 6.51. The summed E-state index contributed by atoms with van der Waals surface area (Å²) in [5.74, 6) is 1.47. The molecule has 0 spiro atoms. The number of hydrogen-bond donors (Lipinski definition) is 2. The second kappa shape index (κ2) is 9.76. The van der Waals surface area contributed by atoms with Crippen molar-refractivity contribution < 1.29 is 9.59 Å². The summed E-state index contributed by atoms with van der Waals surface area (Å²) in [7, 11) is 1.94. The van der Waals surface area contributed by atoms with Crippen molar-refractivity contribution in [2.75, 3.05) is 16.8 Å². The highest BCUT2D eigenvalue weighted by Gasteiger charge is 2.32. The number of benzene rings is 1. The van der Waals surface area contributed by atoms with E-state index in [0.717, 1.165) is 36.2 Å². The summed E-state index contributed by atoms with van der Waals surface area (Å²) < 4.78 is 1.94. The van der Waals surface area contributed by atoms with Crippen molar-refractivity contribution in [1.29, 1.82) is 0 Å². The number of carbonyl (C=O) groups is 2. The minimum absolute atomic E-state index is 0.105. The number of carbonyl (C=O) groups excluding carboxylic acids is 2. The zero-order valence-electron chi connectivity index (χ0n) is 21.2. The van der Waals surface area contributed by atoms with E-state index in [0.29, 0.717) is 24.0 Å². The van der Waals surface area contributed by atoms with Crippen molar-refractivity contribution in [2.24, 2.45) is 18.7 Å². The first-order chi connectivity index (χ1) is 17.3. The Morgan fingerprint density at radius 1 is 1.14 bits per heavy atom. The Bertz CT molecular complexity index is 1280. The molecule has 0 radical (unpaired) electrons. The molecule has 2 aliphatic rings. The van der Waals surface area contributed by atoms with Crippen LogP contribution in [-0.4, -0.2) is 38.8 Å². The van der Waals surface area contributed by atoms with Gasteiger partial charge in [0.2, 0.25) is 0 Å². The molecule has 0 bridgehead atoms. The van der Waals surface area contributed by atoms with Gasteiger partial charge in [-0.3, -0.25) is 9.59 Å². The molecule has 3 N–H and O–H groups in total. The van der Waals surface area contributed by atoms with E-state index in [9.17, 15) is 9.59 Å². The minimum Gasteiger partial charge on any atom is -0.364 e. The predicted molar refractivity (Wildman–Crippen MR) is 141 cm³/mol. The number of amides is 1. The van der Waals surface area contributed by atoms with E-state index in [2.05, 4.69) is 34.3 Å². The molecule has 5 rings (SSSR count). The maximum atomic E-state index is 13.1. The molecular formula is C28H34N6O2. The second-order valence-corrected chi connectivity index (χ2v) is 10.3. The van der Waals surface area contributed by atoms with Crippen LogP contribution in [0.2, 0.25) is 0 Å². The van der Waals surface area contributed by atoms with Crippen molar-refractivity contribution in [3.8, 4) is 0 Å². The van der Waals surface area contributed by atoms with E-state index >= 15 is 0 Å². The third-order valence-electron chi connectivity index (χ3n) is 7.57. The molecule has 8 nitrogen and oxygen atoms in total. The molecule has 36 heavy (non-hydrogen) atoms. The Hall–Kier alpha value is -3.68. The number of ketones is 1. The number of anilines is 3. The van der Waals surface area contributed by atoms with Crippen LogP contribution in [0.1, 0.15) is 76.9 Å². The molecule has 1 amide bonds. The second-order valence-electron chi connectivity index (χ2n) is 10.3. The maximum Gasteiger partial charge on any atom is 0.271 e. The summed E-state index contributed by atoms with van der Waals surface area (Å²) in [5.41, 5.74) is 9.70. The third kappa shape index (κ3) is 4.98. The Morgan fingerprint density at radius 2 is 1.89 bits per heavy atom. The number of rotatable bonds is 8. The monoisotopic (exact) mass is 486 g/mol. The summed E-state index contributed by atoms with van der Waals surface area (Å²) in [6.07, 6.45) is 10.5. The smallest absolute Gasteiger partial charge is 0.271 e. The van der Waals surface area contributed by atoms with Gasteiger partial charge >= 0.3 is 0 Å². The quantitative estimate of drug-likeness (QED) is 0.446. The SMILES string of the molecule is Cc1cn(C)cc1Nc1nc(N2CCC[C@@H](CC(=O)c3ccc(C4CC4)cc3)[C@H]2C)cnc1C(N)=O. The lowest BCUT2D eigenvalue weighted by molar-refractivity contribution is 0.0944. The average molecular weight is 487 g/mol. The van der Waals surface area contributed by atoms with Gasteiger partial charge in [-0.1, -0.05) is 24.3 Å². The molecule has 2 atom stereocenters. The van der Waals surface area contributed by atoms with Crippen LogP contribution < -0.4 is 16.0 Å². The highest BCUT2D eigenvalue weighted by molar-refractivity contribution is 5.97. The van der Waals surface area contributed by atoms with E-state index < -0.39 is 5.91 Å². The van der Waals surface area contributed by atoms with Crippen LogP contribution in [0.5, 0.6) is 0 Å². The molecular weight excluding hydrogens is 452 g/mol. The fourth-order valence-electron chi connectivity index (χ4n) is 5.29. The molecule has 3 heterocycles. The van der Waals surface area contributed by atoms with Crippen LogP contribution in [0.25, 0.3) is 0 Å². The fourth-order valence-corrected chi connectivity index (χ4v) is 5.29. The van der Waals surface area contributed by atoms with E-state index in [1.54, 1.807) is 6.20 Å². The van der Waals surface area contributed by atoms with Gasteiger partial charge in [0.15, 0.2) is 17.3 Å². The van der Waals surface area contributed by atoms with Gasteiger partial charge in [-0.05, 0) is 62.5 Å². The lowest BCUT2D eigenvalue weighted by atomic mass is 9.85. The first kappa shape index (κ1) is 24.0. The third-order valence-corrected chi connectivity index (χ3v) is 7.57. The predicted octanol–water partition coefficient (Wildman–Crippen LogP) is 4.72. The van der Waals surface area contributed by atoms with Crippen LogP contribution in [0.15, 0.2) is 42.9 Å². The molecule has 1 aliphatic carbocycles. The maximum absolute atomic E-state index is 13.1. The number of nitrogens with two attached hydrogens (primary N) is 1. The molecule has 2 fully saturated rings. The number of piperidine rings is 1. The lowest BCUT2D eigenvalue weighted by Crippen LogP contribution is -2.44. The van der Waals surface area contributed by atoms with Gasteiger partial charge in [-0.25, -0.2) is 9.97 Å². The standard InChI is InChI=1S/C28H34N6O2/c1-17-15-33(3)16-23(17)31-28-26(27(29)36)30-14-25(32-28)34-12-4-5-22(18(34)2)13-24(35)21-10-8-20(9-11-21)19-6-7-19/h8-11,14-16,18-19,22H,4-7,12-13H2,1-3H3,(H2,29,36)(H,31,32)/t18-,22+/m1/s1. The Morgan fingerprint density at radius 3 is 2.53 bits per heavy atom. The van der Waals surface area contributed by atoms with Crippen molar-refractivity contribution >= 4 is 29.0 Å². The van der Waals surface area contributed by atoms with E-state index in [1.807, 2.05) is 43.1 Å². The number of aromatic nitrogens is 3. The molecule has 2 aromatic heterocycles. The summed E-state index contributed by atoms with van der Waals surface area (Å²) >= 11 is 0. The number of nitrogens with one attached hydrogen (secondary N) is 1. The number of Topliss-reactive ketones (excluding diaryl/α,β-unsaturated/α-hetero) is 1. The summed E-state index contributed by atoms with van der Waals surface area (Å²) in [4.78, 5) is 36.5. The Labute approximate surface area is 211 Å². The summed E-state index contributed by atoms with van der Waals surface area (Å²) in [5, 5.41) is 3.24. The molecule has 188 valence electrons. The molecule has 3 aromatic rings. The highest BCUT2D eigenvalue weighted by Crippen LogP contribution is 2.40. The van der Waals surface area contributed by atoms with E-state index in [4.69, 9.17) is 10.7 Å². The zero-order chi connectivity index (χ0) is 25.4. The van der Waals surface area contributed by atoms with Gasteiger partial charge in [0.1, 0.15) is 5.82 Å². The van der Waals surface area contributed by atoms with Crippen molar-refractivity contribution in [3.05, 3.63) is 65.2 Å². The first-order valence-electron chi connectivity index (χ1n) is 12.8. The van der Waals surface area contributed by atoms with E-state index in [-0.39, 0.29) is 23.4 Å². The van der Waals surface area contributed by atoms with Gasteiger partial charge in [-0.2, -0.15) is 0 Å². The Balaban J connectivity index is 1.33. The molecule has 8 heteroatoms. The molecule has 1 saturated carbocycles. The fraction of sp³-hybridized carbons (Fsp3) is 0.429. The van der Waals surface area contributed by atoms with Crippen LogP contribution in [0.4, 0.5) is 17.3 Å². The molecule has 1 aliphatic heterocycles. The first-order valence-corrected chi connectivity index (χ1v) is 12.8. The highest BCUT2D eigenvalue weighted by atomic mass is 16.1. The van der Waals surface area contributed by atoms with Crippen molar-refractivity contribution in [1.82, 2.24) is 14.5 Å². The van der Waals surface area contributed by atoms with Gasteiger partial charge in [-0.15, -0.1) is 0 Å². The molecule has 1 aromatic carbocycles. The van der Waals surface area contributed by atoms with Gasteiger partial charge in [0, 0.05) is 44.0 Å². The number of aryl methyl sites for hydroxylation is 2. The molecule has 0 unspecified atom stereocenters. The van der Waals surface area contributed by atoms with Crippen molar-refractivity contribution in [3.63, 3.8) is 0 Å². The summed E-state index contributed by atoms with van der Waals surface area (Å²) in [6, 6.07) is 8.30. The van der Waals surface area contributed by atoms with Crippen LogP contribution >= 0.6 is 0 Å². The number of primary amides is 1.